The summed E-state index contributed by atoms with van der Waals surface area (Å²) in [5.74, 6) is 1.05. The van der Waals surface area contributed by atoms with E-state index in [4.69, 9.17) is 5.73 Å². The molecule has 0 saturated carbocycles. The van der Waals surface area contributed by atoms with Crippen molar-refractivity contribution in [1.82, 2.24) is 19.9 Å². The van der Waals surface area contributed by atoms with Crippen molar-refractivity contribution in [3.05, 3.63) is 47.8 Å². The monoisotopic (exact) mass is 271 g/mol. The van der Waals surface area contributed by atoms with Crippen LogP contribution >= 0.6 is 0 Å². The molecular weight excluding hydrogens is 250 g/mol. The van der Waals surface area contributed by atoms with Crippen LogP contribution in [0.5, 0.6) is 0 Å². The Morgan fingerprint density at radius 1 is 1.25 bits per heavy atom. The Morgan fingerprint density at radius 3 is 2.70 bits per heavy atom. The highest BCUT2D eigenvalue weighted by atomic mass is 15.4. The van der Waals surface area contributed by atoms with Crippen LogP contribution in [0, 0.1) is 5.92 Å². The molecule has 2 atom stereocenters. The van der Waals surface area contributed by atoms with Gasteiger partial charge in [0, 0.05) is 38.8 Å². The Kier molecular flexibility index (Phi) is 3.80. The minimum absolute atomic E-state index is 0.522. The number of hydrogen-bond acceptors (Lipinski definition) is 4. The zero-order chi connectivity index (χ0) is 13.9. The van der Waals surface area contributed by atoms with Crippen LogP contribution in [-0.2, 0) is 13.6 Å². The molecule has 0 unspecified atom stereocenters. The third-order valence-corrected chi connectivity index (χ3v) is 4.08. The first-order chi connectivity index (χ1) is 9.76. The summed E-state index contributed by atoms with van der Waals surface area (Å²) in [6.07, 6.45) is 1.98. The summed E-state index contributed by atoms with van der Waals surface area (Å²) < 4.78 is 1.75. The minimum Gasteiger partial charge on any atom is -0.330 e. The van der Waals surface area contributed by atoms with Crippen molar-refractivity contribution in [3.8, 4) is 0 Å². The lowest BCUT2D eigenvalue weighted by atomic mass is 9.89. The Labute approximate surface area is 119 Å². The van der Waals surface area contributed by atoms with Gasteiger partial charge in [-0.05, 0) is 18.0 Å². The number of nitrogens with zero attached hydrogens (tertiary/aromatic N) is 4. The van der Waals surface area contributed by atoms with Crippen LogP contribution in [-0.4, -0.2) is 39.5 Å². The lowest BCUT2D eigenvalue weighted by molar-refractivity contribution is 0.313. The highest BCUT2D eigenvalue weighted by Crippen LogP contribution is 2.32. The Morgan fingerprint density at radius 2 is 2.05 bits per heavy atom. The molecule has 0 spiro atoms. The molecule has 2 aromatic rings. The molecule has 5 nitrogen and oxygen atoms in total. The largest absolute Gasteiger partial charge is 0.330 e. The second kappa shape index (κ2) is 5.73. The van der Waals surface area contributed by atoms with Gasteiger partial charge in [0.15, 0.2) is 0 Å². The number of rotatable bonds is 4. The molecule has 106 valence electrons. The highest BCUT2D eigenvalue weighted by molar-refractivity contribution is 5.22. The molecule has 1 aromatic carbocycles. The first-order valence-electron chi connectivity index (χ1n) is 7.09. The summed E-state index contributed by atoms with van der Waals surface area (Å²) >= 11 is 0. The summed E-state index contributed by atoms with van der Waals surface area (Å²) in [6.45, 7) is 3.67. The van der Waals surface area contributed by atoms with Gasteiger partial charge in [-0.15, -0.1) is 5.10 Å². The standard InChI is InChI=1S/C15H21N5/c1-19-9-14(17-18-19)10-20-8-13(7-16)15(11-20)12-5-3-2-4-6-12/h2-6,9,13,15H,7-8,10-11,16H2,1H3/t13-,15+/m1/s1. The molecule has 0 amide bonds. The van der Waals surface area contributed by atoms with Crippen LogP contribution in [0.4, 0.5) is 0 Å². The Hall–Kier alpha value is -1.72. The zero-order valence-corrected chi connectivity index (χ0v) is 11.8. The van der Waals surface area contributed by atoms with E-state index < -0.39 is 0 Å². The van der Waals surface area contributed by atoms with Crippen molar-refractivity contribution in [1.29, 1.82) is 0 Å². The number of nitrogens with two attached hydrogens (primary N) is 1. The molecule has 1 saturated heterocycles. The predicted molar refractivity (Wildman–Crippen MR) is 78.0 cm³/mol. The lowest BCUT2D eigenvalue weighted by Gasteiger charge is -2.16. The van der Waals surface area contributed by atoms with E-state index in [1.165, 1.54) is 5.56 Å². The molecule has 1 aromatic heterocycles. The molecule has 0 bridgehead atoms. The topological polar surface area (TPSA) is 60.0 Å². The van der Waals surface area contributed by atoms with Gasteiger partial charge < -0.3 is 5.73 Å². The lowest BCUT2D eigenvalue weighted by Crippen LogP contribution is -2.23. The number of aryl methyl sites for hydroxylation is 1. The maximum atomic E-state index is 5.96. The Balaban J connectivity index is 1.71. The fraction of sp³-hybridized carbons (Fsp3) is 0.467. The maximum Gasteiger partial charge on any atom is 0.0967 e. The fourth-order valence-corrected chi connectivity index (χ4v) is 3.10. The van der Waals surface area contributed by atoms with Gasteiger partial charge in [0.2, 0.25) is 0 Å². The number of benzene rings is 1. The van der Waals surface area contributed by atoms with Gasteiger partial charge in [0.05, 0.1) is 5.69 Å². The summed E-state index contributed by atoms with van der Waals surface area (Å²) in [5.41, 5.74) is 8.38. The van der Waals surface area contributed by atoms with Crippen LogP contribution in [0.2, 0.25) is 0 Å². The van der Waals surface area contributed by atoms with Crippen LogP contribution in [0.1, 0.15) is 17.2 Å². The van der Waals surface area contributed by atoms with Gasteiger partial charge in [-0.3, -0.25) is 9.58 Å². The van der Waals surface area contributed by atoms with E-state index in [2.05, 4.69) is 45.5 Å². The molecule has 20 heavy (non-hydrogen) atoms. The maximum absolute atomic E-state index is 5.96. The summed E-state index contributed by atoms with van der Waals surface area (Å²) in [7, 11) is 1.90. The van der Waals surface area contributed by atoms with Crippen molar-refractivity contribution in [3.63, 3.8) is 0 Å². The molecule has 2 N–H and O–H groups in total. The smallest absolute Gasteiger partial charge is 0.0967 e. The minimum atomic E-state index is 0.522. The van der Waals surface area contributed by atoms with Gasteiger partial charge in [-0.25, -0.2) is 0 Å². The molecule has 5 heteroatoms. The van der Waals surface area contributed by atoms with Crippen molar-refractivity contribution in [2.75, 3.05) is 19.6 Å². The van der Waals surface area contributed by atoms with E-state index in [0.717, 1.165) is 31.9 Å². The second-order valence-corrected chi connectivity index (χ2v) is 5.59. The van der Waals surface area contributed by atoms with E-state index in [9.17, 15) is 0 Å². The van der Waals surface area contributed by atoms with Gasteiger partial charge in [0.1, 0.15) is 0 Å². The first-order valence-corrected chi connectivity index (χ1v) is 7.09. The second-order valence-electron chi connectivity index (χ2n) is 5.59. The molecule has 1 aliphatic rings. The normalized spacial score (nSPS) is 23.3. The average molecular weight is 271 g/mol. The molecule has 1 fully saturated rings. The fourth-order valence-electron chi connectivity index (χ4n) is 3.10. The van der Waals surface area contributed by atoms with Crippen molar-refractivity contribution >= 4 is 0 Å². The van der Waals surface area contributed by atoms with E-state index >= 15 is 0 Å². The summed E-state index contributed by atoms with van der Waals surface area (Å²) in [4.78, 5) is 2.43. The third kappa shape index (κ3) is 2.73. The SMILES string of the molecule is Cn1cc(CN2C[C@@H](CN)[C@H](c3ccccc3)C2)nn1. The third-order valence-electron chi connectivity index (χ3n) is 4.08. The van der Waals surface area contributed by atoms with Gasteiger partial charge >= 0.3 is 0 Å². The van der Waals surface area contributed by atoms with Gasteiger partial charge in [-0.1, -0.05) is 35.5 Å². The van der Waals surface area contributed by atoms with E-state index in [1.54, 1.807) is 4.68 Å². The number of hydrogen-bond donors (Lipinski definition) is 1. The van der Waals surface area contributed by atoms with E-state index in [1.807, 2.05) is 13.2 Å². The number of aromatic nitrogens is 3. The first kappa shape index (κ1) is 13.3. The average Bonchev–Trinajstić information content (AvgIpc) is 3.06. The van der Waals surface area contributed by atoms with Crippen molar-refractivity contribution in [2.24, 2.45) is 18.7 Å². The molecule has 2 heterocycles. The number of likely N-dealkylation sites (tertiary alicyclic amines) is 1. The van der Waals surface area contributed by atoms with Crippen LogP contribution < -0.4 is 5.73 Å². The molecule has 0 radical (unpaired) electrons. The molecular formula is C15H21N5. The van der Waals surface area contributed by atoms with Crippen molar-refractivity contribution in [2.45, 2.75) is 12.5 Å². The van der Waals surface area contributed by atoms with Crippen LogP contribution in [0.15, 0.2) is 36.5 Å². The molecule has 1 aliphatic heterocycles. The Bertz CT molecular complexity index is 550. The molecule has 3 rings (SSSR count). The van der Waals surface area contributed by atoms with Crippen LogP contribution in [0.3, 0.4) is 0 Å². The zero-order valence-electron chi connectivity index (χ0n) is 11.8. The molecule has 0 aliphatic carbocycles. The predicted octanol–water partition coefficient (Wildman–Crippen LogP) is 0.989. The van der Waals surface area contributed by atoms with Crippen molar-refractivity contribution < 1.29 is 0 Å². The van der Waals surface area contributed by atoms with E-state index in [0.29, 0.717) is 11.8 Å². The van der Waals surface area contributed by atoms with Gasteiger partial charge in [-0.2, -0.15) is 0 Å². The van der Waals surface area contributed by atoms with E-state index in [-0.39, 0.29) is 0 Å². The quantitative estimate of drug-likeness (QED) is 0.901. The van der Waals surface area contributed by atoms with Gasteiger partial charge in [0.25, 0.3) is 0 Å². The highest BCUT2D eigenvalue weighted by Gasteiger charge is 2.32. The van der Waals surface area contributed by atoms with Crippen LogP contribution in [0.25, 0.3) is 0 Å². The summed E-state index contributed by atoms with van der Waals surface area (Å²) in [5, 5.41) is 8.16. The summed E-state index contributed by atoms with van der Waals surface area (Å²) in [6, 6.07) is 10.7.